The summed E-state index contributed by atoms with van der Waals surface area (Å²) < 4.78 is 11.2. The van der Waals surface area contributed by atoms with Crippen molar-refractivity contribution in [2.45, 2.75) is 33.3 Å². The molecule has 0 aliphatic heterocycles. The molecule has 0 aliphatic carbocycles. The van der Waals surface area contributed by atoms with Gasteiger partial charge in [0.05, 0.1) is 18.2 Å². The average Bonchev–Trinajstić information content (AvgIpc) is 2.62. The molecule has 0 aliphatic rings. The van der Waals surface area contributed by atoms with Crippen LogP contribution in [-0.4, -0.2) is 24.0 Å². The summed E-state index contributed by atoms with van der Waals surface area (Å²) >= 11 is 2.03. The van der Waals surface area contributed by atoms with Gasteiger partial charge in [0.25, 0.3) is 0 Å². The van der Waals surface area contributed by atoms with Gasteiger partial charge in [-0.1, -0.05) is 25.5 Å². The standard InChI is InChI=1S/C20H21IO5/c1-4-5-15-17(10-16(21)18(12(2)22)19(15)23)26-11-13-6-8-14(9-7-13)20(24)25-3/h6-10,23H,4-5,11H2,1-3H3. The Morgan fingerprint density at radius 2 is 1.85 bits per heavy atom. The Labute approximate surface area is 166 Å². The Kier molecular flexibility index (Phi) is 7.02. The lowest BCUT2D eigenvalue weighted by atomic mass is 10.0. The molecule has 0 atom stereocenters. The van der Waals surface area contributed by atoms with Gasteiger partial charge >= 0.3 is 5.97 Å². The lowest BCUT2D eigenvalue weighted by Crippen LogP contribution is -2.05. The zero-order valence-corrected chi connectivity index (χ0v) is 17.1. The number of aromatic hydroxyl groups is 1. The van der Waals surface area contributed by atoms with Crippen molar-refractivity contribution in [3.05, 3.63) is 56.2 Å². The second-order valence-corrected chi connectivity index (χ2v) is 7.00. The molecule has 6 heteroatoms. The Bertz CT molecular complexity index is 812. The maximum absolute atomic E-state index is 11.8. The summed E-state index contributed by atoms with van der Waals surface area (Å²) in [5.74, 6) is 0.00860. The Morgan fingerprint density at radius 3 is 2.38 bits per heavy atom. The number of rotatable bonds is 7. The first-order valence-electron chi connectivity index (χ1n) is 8.24. The summed E-state index contributed by atoms with van der Waals surface area (Å²) in [4.78, 5) is 23.3. The zero-order chi connectivity index (χ0) is 19.3. The third kappa shape index (κ3) is 4.55. The SMILES string of the molecule is CCCc1c(OCc2ccc(C(=O)OC)cc2)cc(I)c(C(C)=O)c1O. The maximum Gasteiger partial charge on any atom is 0.337 e. The van der Waals surface area contributed by atoms with Gasteiger partial charge in [0.15, 0.2) is 5.78 Å². The molecule has 2 aromatic carbocycles. The van der Waals surface area contributed by atoms with Crippen LogP contribution in [0.4, 0.5) is 0 Å². The van der Waals surface area contributed by atoms with Crippen molar-refractivity contribution < 1.29 is 24.2 Å². The third-order valence-electron chi connectivity index (χ3n) is 3.94. The van der Waals surface area contributed by atoms with E-state index in [0.29, 0.717) is 32.4 Å². The van der Waals surface area contributed by atoms with E-state index in [4.69, 9.17) is 4.74 Å². The third-order valence-corrected chi connectivity index (χ3v) is 4.79. The van der Waals surface area contributed by atoms with Crippen LogP contribution in [0.3, 0.4) is 0 Å². The van der Waals surface area contributed by atoms with Gasteiger partial charge in [-0.15, -0.1) is 0 Å². The molecule has 138 valence electrons. The Balaban J connectivity index is 2.26. The molecule has 0 radical (unpaired) electrons. The highest BCUT2D eigenvalue weighted by Gasteiger charge is 2.20. The van der Waals surface area contributed by atoms with Gasteiger partial charge in [0.1, 0.15) is 18.1 Å². The molecule has 0 fully saturated rings. The van der Waals surface area contributed by atoms with Crippen molar-refractivity contribution in [3.63, 3.8) is 0 Å². The number of methoxy groups -OCH3 is 1. The molecule has 0 unspecified atom stereocenters. The summed E-state index contributed by atoms with van der Waals surface area (Å²) in [5.41, 5.74) is 2.33. The van der Waals surface area contributed by atoms with Crippen LogP contribution < -0.4 is 4.74 Å². The monoisotopic (exact) mass is 468 g/mol. The average molecular weight is 468 g/mol. The number of phenolic OH excluding ortho intramolecular Hbond substituents is 1. The van der Waals surface area contributed by atoms with Crippen LogP contribution in [0, 0.1) is 3.57 Å². The number of hydrogen-bond donors (Lipinski definition) is 1. The molecule has 0 heterocycles. The lowest BCUT2D eigenvalue weighted by molar-refractivity contribution is 0.0600. The first kappa shape index (κ1) is 20.2. The minimum Gasteiger partial charge on any atom is -0.507 e. The van der Waals surface area contributed by atoms with Gasteiger partial charge in [-0.25, -0.2) is 4.79 Å². The maximum atomic E-state index is 11.8. The second kappa shape index (κ2) is 9.02. The van der Waals surface area contributed by atoms with E-state index in [2.05, 4.69) is 4.74 Å². The largest absolute Gasteiger partial charge is 0.507 e. The van der Waals surface area contributed by atoms with Crippen LogP contribution in [0.5, 0.6) is 11.5 Å². The normalized spacial score (nSPS) is 10.5. The molecular formula is C20H21IO5. The number of phenols is 1. The zero-order valence-electron chi connectivity index (χ0n) is 15.0. The Hall–Kier alpha value is -2.09. The van der Waals surface area contributed by atoms with Crippen LogP contribution in [0.25, 0.3) is 0 Å². The van der Waals surface area contributed by atoms with E-state index < -0.39 is 0 Å². The number of Topliss-reactive ketones (excluding diaryl/α,β-unsaturated/α-hetero) is 1. The molecule has 2 rings (SSSR count). The van der Waals surface area contributed by atoms with Crippen LogP contribution in [0.1, 0.15) is 52.1 Å². The second-order valence-electron chi connectivity index (χ2n) is 5.84. The highest BCUT2D eigenvalue weighted by atomic mass is 127. The molecule has 1 N–H and O–H groups in total. The topological polar surface area (TPSA) is 72.8 Å². The number of ether oxygens (including phenoxy) is 2. The van der Waals surface area contributed by atoms with Crippen molar-refractivity contribution in [1.82, 2.24) is 0 Å². The van der Waals surface area contributed by atoms with E-state index in [-0.39, 0.29) is 24.1 Å². The molecule has 5 nitrogen and oxygen atoms in total. The Morgan fingerprint density at radius 1 is 1.19 bits per heavy atom. The van der Waals surface area contributed by atoms with Crippen LogP contribution in [-0.2, 0) is 17.8 Å². The highest BCUT2D eigenvalue weighted by molar-refractivity contribution is 14.1. The predicted octanol–water partition coefficient (Wildman–Crippen LogP) is 4.52. The van der Waals surface area contributed by atoms with E-state index >= 15 is 0 Å². The predicted molar refractivity (Wildman–Crippen MR) is 107 cm³/mol. The summed E-state index contributed by atoms with van der Waals surface area (Å²) in [5, 5.41) is 10.5. The van der Waals surface area contributed by atoms with Crippen LogP contribution in [0.2, 0.25) is 0 Å². The van der Waals surface area contributed by atoms with E-state index in [1.807, 2.05) is 29.5 Å². The fraction of sp³-hybridized carbons (Fsp3) is 0.300. The van der Waals surface area contributed by atoms with Crippen LogP contribution >= 0.6 is 22.6 Å². The summed E-state index contributed by atoms with van der Waals surface area (Å²) in [6.07, 6.45) is 1.43. The number of benzene rings is 2. The van der Waals surface area contributed by atoms with Gasteiger partial charge in [-0.05, 0) is 59.7 Å². The first-order chi connectivity index (χ1) is 12.4. The van der Waals surface area contributed by atoms with E-state index in [1.54, 1.807) is 30.3 Å². The minimum atomic E-state index is -0.387. The first-order valence-corrected chi connectivity index (χ1v) is 9.32. The number of carbonyl (C=O) groups excluding carboxylic acids is 2. The highest BCUT2D eigenvalue weighted by Crippen LogP contribution is 2.36. The lowest BCUT2D eigenvalue weighted by Gasteiger charge is -2.16. The molecule has 26 heavy (non-hydrogen) atoms. The fourth-order valence-electron chi connectivity index (χ4n) is 2.63. The number of halogens is 1. The van der Waals surface area contributed by atoms with E-state index in [9.17, 15) is 14.7 Å². The summed E-state index contributed by atoms with van der Waals surface area (Å²) in [6, 6.07) is 8.72. The van der Waals surface area contributed by atoms with Gasteiger partial charge in [0.2, 0.25) is 0 Å². The molecule has 0 spiro atoms. The van der Waals surface area contributed by atoms with Crippen LogP contribution in [0.15, 0.2) is 30.3 Å². The molecular weight excluding hydrogens is 447 g/mol. The molecule has 0 amide bonds. The van der Waals surface area contributed by atoms with Crippen molar-refractivity contribution in [2.75, 3.05) is 7.11 Å². The fourth-order valence-corrected chi connectivity index (χ4v) is 3.54. The summed E-state index contributed by atoms with van der Waals surface area (Å²) in [7, 11) is 1.34. The van der Waals surface area contributed by atoms with Crippen molar-refractivity contribution >= 4 is 34.3 Å². The number of hydrogen-bond acceptors (Lipinski definition) is 5. The molecule has 2 aromatic rings. The number of ketones is 1. The molecule has 0 saturated carbocycles. The minimum absolute atomic E-state index is 0.00212. The number of carbonyl (C=O) groups is 2. The van der Waals surface area contributed by atoms with Gasteiger partial charge in [-0.3, -0.25) is 4.79 Å². The molecule has 0 bridgehead atoms. The molecule has 0 aromatic heterocycles. The summed E-state index contributed by atoms with van der Waals surface area (Å²) in [6.45, 7) is 3.73. The smallest absolute Gasteiger partial charge is 0.337 e. The van der Waals surface area contributed by atoms with Crippen molar-refractivity contribution in [1.29, 1.82) is 0 Å². The van der Waals surface area contributed by atoms with Gasteiger partial charge in [-0.2, -0.15) is 0 Å². The van der Waals surface area contributed by atoms with E-state index in [0.717, 1.165) is 12.0 Å². The van der Waals surface area contributed by atoms with Crippen molar-refractivity contribution in [2.24, 2.45) is 0 Å². The molecule has 0 saturated heterocycles. The van der Waals surface area contributed by atoms with Gasteiger partial charge in [0, 0.05) is 9.13 Å². The van der Waals surface area contributed by atoms with E-state index in [1.165, 1.54) is 14.0 Å². The van der Waals surface area contributed by atoms with Crippen molar-refractivity contribution in [3.8, 4) is 11.5 Å². The van der Waals surface area contributed by atoms with Gasteiger partial charge < -0.3 is 14.6 Å². The number of esters is 1. The quantitative estimate of drug-likeness (QED) is 0.368.